The van der Waals surface area contributed by atoms with Crippen LogP contribution in [0, 0.1) is 0 Å². The van der Waals surface area contributed by atoms with Crippen LogP contribution >= 0.6 is 0 Å². The lowest BCUT2D eigenvalue weighted by molar-refractivity contribution is -0.371. The highest BCUT2D eigenvalue weighted by Crippen LogP contribution is 2.53. The van der Waals surface area contributed by atoms with Crippen LogP contribution in [0.4, 0.5) is 35.1 Å². The number of aromatic nitrogens is 1. The summed E-state index contributed by atoms with van der Waals surface area (Å²) in [6, 6.07) is 34.8. The molecule has 0 amide bonds. The van der Waals surface area contributed by atoms with Gasteiger partial charge < -0.3 is 14.0 Å². The number of hydrogen-bond acceptors (Lipinski definition) is 2. The number of benzene rings is 6. The van der Waals surface area contributed by atoms with Crippen molar-refractivity contribution in [2.45, 2.75) is 23.7 Å². The summed E-state index contributed by atoms with van der Waals surface area (Å²) >= 11 is 0. The average Bonchev–Trinajstić information content (AvgIpc) is 3.44. The Morgan fingerprint density at radius 3 is 1.47 bits per heavy atom. The van der Waals surface area contributed by atoms with Crippen LogP contribution in [0.1, 0.15) is 0 Å². The minimum absolute atomic E-state index is 0.245. The van der Waals surface area contributed by atoms with Gasteiger partial charge in [-0.2, -0.15) is 35.1 Å². The summed E-state index contributed by atoms with van der Waals surface area (Å²) in [5.41, 5.74) is 2.25. The van der Waals surface area contributed by atoms with Gasteiger partial charge in [0.2, 0.25) is 0 Å². The molecule has 7 aromatic rings. The van der Waals surface area contributed by atoms with E-state index in [1.54, 1.807) is 42.5 Å². The molecular weight excluding hydrogens is 654 g/mol. The normalized spacial score (nSPS) is 13.1. The number of alkyl halides is 8. The minimum Gasteiger partial charge on any atom is -0.487 e. The standard InChI is InChI=1S/C38H25F8NO2/c39-35(40,22-48-26-19-17-25(18-20-26)47-32-15-7-5-12-29(32)30-13-6-8-16-33(30)47)37(43,44)38(45,46)36(41,42)23-49-34-21-24-9-1-2-10-27(24)28-11-3-4-14-31(28)34/h1-21H,22-23H2. The van der Waals surface area contributed by atoms with Gasteiger partial charge in [0, 0.05) is 21.8 Å². The Hall–Kier alpha value is -5.32. The molecule has 7 rings (SSSR count). The molecule has 0 aliphatic carbocycles. The minimum atomic E-state index is -6.53. The molecule has 0 aliphatic heterocycles. The molecule has 250 valence electrons. The van der Waals surface area contributed by atoms with Gasteiger partial charge in [0.05, 0.1) is 11.0 Å². The molecule has 49 heavy (non-hydrogen) atoms. The first-order chi connectivity index (χ1) is 23.3. The fourth-order valence-corrected chi connectivity index (χ4v) is 6.01. The van der Waals surface area contributed by atoms with E-state index in [1.165, 1.54) is 36.4 Å². The van der Waals surface area contributed by atoms with Crippen LogP contribution in [0.3, 0.4) is 0 Å². The van der Waals surface area contributed by atoms with E-state index in [-0.39, 0.29) is 16.9 Å². The molecule has 3 nitrogen and oxygen atoms in total. The highest BCUT2D eigenvalue weighted by atomic mass is 19.4. The maximum atomic E-state index is 14.9. The SMILES string of the molecule is FC(F)(COc1ccc(-n2c3ccccc3c3ccccc32)cc1)C(F)(F)C(F)(F)C(F)(F)COc1cc2ccccc2c2ccccc12. The number of hydrogen-bond donors (Lipinski definition) is 0. The van der Waals surface area contributed by atoms with E-state index in [1.807, 2.05) is 53.1 Å². The molecular formula is C38H25F8NO2. The third-order valence-corrected chi connectivity index (χ3v) is 8.55. The molecule has 0 N–H and O–H groups in total. The van der Waals surface area contributed by atoms with E-state index >= 15 is 0 Å². The Morgan fingerprint density at radius 1 is 0.449 bits per heavy atom. The molecule has 0 bridgehead atoms. The quantitative estimate of drug-likeness (QED) is 0.106. The zero-order valence-corrected chi connectivity index (χ0v) is 25.3. The Balaban J connectivity index is 1.08. The number of para-hydroxylation sites is 2. The summed E-state index contributed by atoms with van der Waals surface area (Å²) < 4.78 is 130. The molecule has 11 heteroatoms. The predicted octanol–water partition coefficient (Wildman–Crippen LogP) is 11.1. The molecule has 1 aromatic heterocycles. The second-order valence-corrected chi connectivity index (χ2v) is 11.6. The molecule has 0 saturated carbocycles. The smallest absolute Gasteiger partial charge is 0.381 e. The number of fused-ring (bicyclic) bond motifs is 6. The van der Waals surface area contributed by atoms with E-state index in [4.69, 9.17) is 9.47 Å². The van der Waals surface area contributed by atoms with Gasteiger partial charge >= 0.3 is 23.7 Å². The zero-order valence-electron chi connectivity index (χ0n) is 25.3. The lowest BCUT2D eigenvalue weighted by atomic mass is 9.99. The summed E-state index contributed by atoms with van der Waals surface area (Å²) in [5.74, 6) is -25.1. The maximum Gasteiger partial charge on any atom is 0.381 e. The Kier molecular flexibility index (Phi) is 7.68. The number of rotatable bonds is 10. The van der Waals surface area contributed by atoms with E-state index < -0.39 is 36.9 Å². The van der Waals surface area contributed by atoms with Crippen molar-refractivity contribution in [2.24, 2.45) is 0 Å². The van der Waals surface area contributed by atoms with Crippen molar-refractivity contribution in [1.82, 2.24) is 4.57 Å². The van der Waals surface area contributed by atoms with Gasteiger partial charge in [-0.25, -0.2) is 0 Å². The predicted molar refractivity (Wildman–Crippen MR) is 173 cm³/mol. The number of ether oxygens (including phenoxy) is 2. The molecule has 6 aromatic carbocycles. The number of nitrogens with zero attached hydrogens (tertiary/aromatic N) is 1. The average molecular weight is 680 g/mol. The first-order valence-electron chi connectivity index (χ1n) is 15.1. The van der Waals surface area contributed by atoms with Crippen molar-refractivity contribution in [3.8, 4) is 17.2 Å². The first kappa shape index (κ1) is 32.2. The summed E-state index contributed by atoms with van der Waals surface area (Å²) in [7, 11) is 0. The monoisotopic (exact) mass is 679 g/mol. The third-order valence-electron chi connectivity index (χ3n) is 8.55. The van der Waals surface area contributed by atoms with Gasteiger partial charge in [-0.15, -0.1) is 0 Å². The topological polar surface area (TPSA) is 23.4 Å². The molecule has 0 fully saturated rings. The van der Waals surface area contributed by atoms with Gasteiger partial charge in [0.1, 0.15) is 11.5 Å². The molecule has 0 unspecified atom stereocenters. The molecule has 1 heterocycles. The van der Waals surface area contributed by atoms with Crippen LogP contribution in [0.5, 0.6) is 11.5 Å². The fourth-order valence-electron chi connectivity index (χ4n) is 6.01. The lowest BCUT2D eigenvalue weighted by Crippen LogP contribution is -2.65. The van der Waals surface area contributed by atoms with Crippen molar-refractivity contribution in [2.75, 3.05) is 13.2 Å². The summed E-state index contributed by atoms with van der Waals surface area (Å²) in [5, 5.41) is 3.89. The molecule has 0 spiro atoms. The lowest BCUT2D eigenvalue weighted by Gasteiger charge is -2.36. The van der Waals surface area contributed by atoms with Crippen LogP contribution in [-0.4, -0.2) is 41.5 Å². The second-order valence-electron chi connectivity index (χ2n) is 11.6. The van der Waals surface area contributed by atoms with Crippen LogP contribution in [0.25, 0.3) is 49.0 Å². The highest BCUT2D eigenvalue weighted by Gasteiger charge is 2.81. The van der Waals surface area contributed by atoms with Gasteiger partial charge in [-0.1, -0.05) is 84.9 Å². The van der Waals surface area contributed by atoms with E-state index in [0.717, 1.165) is 21.8 Å². The highest BCUT2D eigenvalue weighted by molar-refractivity contribution is 6.10. The van der Waals surface area contributed by atoms with Gasteiger partial charge in [0.25, 0.3) is 0 Å². The van der Waals surface area contributed by atoms with Crippen molar-refractivity contribution in [1.29, 1.82) is 0 Å². The van der Waals surface area contributed by atoms with E-state index in [0.29, 0.717) is 21.8 Å². The molecule has 0 radical (unpaired) electrons. The number of halogens is 8. The van der Waals surface area contributed by atoms with E-state index in [9.17, 15) is 35.1 Å². The van der Waals surface area contributed by atoms with Gasteiger partial charge in [0.15, 0.2) is 13.2 Å². The van der Waals surface area contributed by atoms with Crippen LogP contribution < -0.4 is 9.47 Å². The first-order valence-corrected chi connectivity index (χ1v) is 15.1. The van der Waals surface area contributed by atoms with Gasteiger partial charge in [-0.3, -0.25) is 0 Å². The largest absolute Gasteiger partial charge is 0.487 e. The Bertz CT molecular complexity index is 2260. The van der Waals surface area contributed by atoms with Crippen molar-refractivity contribution >= 4 is 43.4 Å². The third kappa shape index (κ3) is 5.28. The van der Waals surface area contributed by atoms with E-state index in [2.05, 4.69) is 0 Å². The molecule has 0 saturated heterocycles. The Labute approximate surface area is 273 Å². The van der Waals surface area contributed by atoms with Crippen molar-refractivity contribution in [3.05, 3.63) is 127 Å². The van der Waals surface area contributed by atoms with Crippen LogP contribution in [0.2, 0.25) is 0 Å². The summed E-state index contributed by atoms with van der Waals surface area (Å²) in [6.07, 6.45) is 0. The van der Waals surface area contributed by atoms with Crippen molar-refractivity contribution in [3.63, 3.8) is 0 Å². The van der Waals surface area contributed by atoms with Crippen molar-refractivity contribution < 1.29 is 44.6 Å². The van der Waals surface area contributed by atoms with Crippen LogP contribution in [0.15, 0.2) is 127 Å². The molecule has 0 aliphatic rings. The fraction of sp³-hybridized carbons (Fsp3) is 0.158. The van der Waals surface area contributed by atoms with Gasteiger partial charge in [-0.05, 0) is 58.6 Å². The second kappa shape index (κ2) is 11.7. The molecule has 0 atom stereocenters. The maximum absolute atomic E-state index is 14.9. The summed E-state index contributed by atoms with van der Waals surface area (Å²) in [6.45, 7) is -4.59. The summed E-state index contributed by atoms with van der Waals surface area (Å²) in [4.78, 5) is 0. The zero-order chi connectivity index (χ0) is 34.6. The van der Waals surface area contributed by atoms with Crippen LogP contribution in [-0.2, 0) is 0 Å². The Morgan fingerprint density at radius 2 is 0.898 bits per heavy atom.